The van der Waals surface area contributed by atoms with Crippen LogP contribution in [0.3, 0.4) is 0 Å². The minimum absolute atomic E-state index is 0.803. The van der Waals surface area contributed by atoms with Crippen LogP contribution in [0.2, 0.25) is 19.6 Å². The summed E-state index contributed by atoms with van der Waals surface area (Å²) < 4.78 is 5.20. The first-order valence-electron chi connectivity index (χ1n) is 4.96. The molecule has 1 aromatic rings. The normalized spacial score (nSPS) is 10.5. The smallest absolute Gasteiger partial charge is 0.141 e. The lowest BCUT2D eigenvalue weighted by atomic mass is 10.2. The molecule has 0 saturated heterocycles. The molecule has 0 atom stereocenters. The van der Waals surface area contributed by atoms with Crippen molar-refractivity contribution in [2.75, 3.05) is 7.11 Å². The molecule has 0 fully saturated rings. The highest BCUT2D eigenvalue weighted by Crippen LogP contribution is 2.15. The van der Waals surface area contributed by atoms with E-state index in [9.17, 15) is 0 Å². The average molecular weight is 219 g/mol. The van der Waals surface area contributed by atoms with Crippen LogP contribution in [0.4, 0.5) is 0 Å². The molecule has 0 bridgehead atoms. The van der Waals surface area contributed by atoms with Gasteiger partial charge < -0.3 is 4.74 Å². The molecule has 2 nitrogen and oxygen atoms in total. The summed E-state index contributed by atoms with van der Waals surface area (Å²) in [5.41, 5.74) is 5.13. The van der Waals surface area contributed by atoms with E-state index in [4.69, 9.17) is 4.74 Å². The van der Waals surface area contributed by atoms with Crippen molar-refractivity contribution in [3.8, 4) is 17.2 Å². The molecule has 0 spiro atoms. The molecule has 1 aromatic heterocycles. The molecule has 0 N–H and O–H groups in total. The number of nitrogens with zero attached hydrogens (tertiary/aromatic N) is 1. The second kappa shape index (κ2) is 4.50. The van der Waals surface area contributed by atoms with E-state index in [2.05, 4.69) is 36.1 Å². The fourth-order valence-electron chi connectivity index (χ4n) is 1.05. The predicted octanol–water partition coefficient (Wildman–Crippen LogP) is 2.63. The molecule has 3 heteroatoms. The monoisotopic (exact) mass is 219 g/mol. The van der Waals surface area contributed by atoms with E-state index in [1.807, 2.05) is 13.0 Å². The molecule has 1 rings (SSSR count). The van der Waals surface area contributed by atoms with E-state index in [0.29, 0.717) is 0 Å². The van der Waals surface area contributed by atoms with Crippen molar-refractivity contribution in [3.63, 3.8) is 0 Å². The Morgan fingerprint density at radius 3 is 2.53 bits per heavy atom. The Balaban J connectivity index is 3.01. The van der Waals surface area contributed by atoms with E-state index in [1.165, 1.54) is 0 Å². The molecule has 0 aliphatic heterocycles. The first kappa shape index (κ1) is 11.8. The Labute approximate surface area is 92.7 Å². The SMILES string of the molecule is COc1cc(C#C[Si](C)(C)C)cnc1C. The zero-order valence-corrected chi connectivity index (χ0v) is 11.0. The van der Waals surface area contributed by atoms with Crippen molar-refractivity contribution < 1.29 is 4.74 Å². The van der Waals surface area contributed by atoms with Gasteiger partial charge in [0.2, 0.25) is 0 Å². The highest BCUT2D eigenvalue weighted by molar-refractivity contribution is 6.83. The summed E-state index contributed by atoms with van der Waals surface area (Å²) in [6, 6.07) is 1.94. The second-order valence-electron chi connectivity index (χ2n) is 4.51. The van der Waals surface area contributed by atoms with Gasteiger partial charge in [0.1, 0.15) is 13.8 Å². The molecular formula is C12H17NOSi. The molecule has 0 aliphatic rings. The third-order valence-corrected chi connectivity index (χ3v) is 2.72. The van der Waals surface area contributed by atoms with Crippen LogP contribution < -0.4 is 4.74 Å². The number of rotatable bonds is 1. The lowest BCUT2D eigenvalue weighted by Crippen LogP contribution is -2.16. The molecule has 0 unspecified atom stereocenters. The highest BCUT2D eigenvalue weighted by atomic mass is 28.3. The molecule has 0 saturated carbocycles. The van der Waals surface area contributed by atoms with Gasteiger partial charge in [0.15, 0.2) is 0 Å². The van der Waals surface area contributed by atoms with E-state index < -0.39 is 8.07 Å². The number of hydrogen-bond acceptors (Lipinski definition) is 2. The topological polar surface area (TPSA) is 22.1 Å². The van der Waals surface area contributed by atoms with Crippen LogP contribution in [-0.4, -0.2) is 20.2 Å². The van der Waals surface area contributed by atoms with Crippen molar-refractivity contribution in [2.45, 2.75) is 26.6 Å². The lowest BCUT2D eigenvalue weighted by Gasteiger charge is -2.05. The van der Waals surface area contributed by atoms with Crippen molar-refractivity contribution in [1.29, 1.82) is 0 Å². The molecule has 0 radical (unpaired) electrons. The minimum atomic E-state index is -1.31. The summed E-state index contributed by atoms with van der Waals surface area (Å²) in [6.45, 7) is 8.59. The van der Waals surface area contributed by atoms with Gasteiger partial charge in [0, 0.05) is 11.8 Å². The summed E-state index contributed by atoms with van der Waals surface area (Å²) >= 11 is 0. The van der Waals surface area contributed by atoms with Gasteiger partial charge in [-0.15, -0.1) is 5.54 Å². The van der Waals surface area contributed by atoms with Gasteiger partial charge in [0.25, 0.3) is 0 Å². The van der Waals surface area contributed by atoms with Crippen LogP contribution in [-0.2, 0) is 0 Å². The van der Waals surface area contributed by atoms with Crippen molar-refractivity contribution in [1.82, 2.24) is 4.98 Å². The van der Waals surface area contributed by atoms with E-state index in [1.54, 1.807) is 13.3 Å². The number of ether oxygens (including phenoxy) is 1. The van der Waals surface area contributed by atoms with E-state index in [-0.39, 0.29) is 0 Å². The molecular weight excluding hydrogens is 202 g/mol. The third-order valence-electron chi connectivity index (χ3n) is 1.84. The standard InChI is InChI=1S/C12H17NOSi/c1-10-12(14-2)8-11(9-13-10)6-7-15(3,4)5/h8-9H,1-5H3. The lowest BCUT2D eigenvalue weighted by molar-refractivity contribution is 0.409. The molecule has 0 amide bonds. The first-order chi connectivity index (χ1) is 6.92. The van der Waals surface area contributed by atoms with Crippen LogP contribution in [0.1, 0.15) is 11.3 Å². The van der Waals surface area contributed by atoms with Crippen LogP contribution >= 0.6 is 0 Å². The Kier molecular flexibility index (Phi) is 3.54. The van der Waals surface area contributed by atoms with Crippen LogP contribution in [0.5, 0.6) is 5.75 Å². The second-order valence-corrected chi connectivity index (χ2v) is 9.26. The van der Waals surface area contributed by atoms with Crippen molar-refractivity contribution in [2.24, 2.45) is 0 Å². The quantitative estimate of drug-likeness (QED) is 0.535. The summed E-state index contributed by atoms with van der Waals surface area (Å²) in [4.78, 5) is 4.24. The van der Waals surface area contributed by atoms with Crippen molar-refractivity contribution in [3.05, 3.63) is 23.5 Å². The van der Waals surface area contributed by atoms with E-state index >= 15 is 0 Å². The average Bonchev–Trinajstić information content (AvgIpc) is 2.15. The van der Waals surface area contributed by atoms with E-state index in [0.717, 1.165) is 17.0 Å². The molecule has 0 aliphatic carbocycles. The highest BCUT2D eigenvalue weighted by Gasteiger charge is 2.07. The fourth-order valence-corrected chi connectivity index (χ4v) is 1.57. The Morgan fingerprint density at radius 2 is 2.00 bits per heavy atom. The predicted molar refractivity (Wildman–Crippen MR) is 65.8 cm³/mol. The zero-order chi connectivity index (χ0) is 11.5. The number of aryl methyl sites for hydroxylation is 1. The largest absolute Gasteiger partial charge is 0.495 e. The van der Waals surface area contributed by atoms with Gasteiger partial charge in [-0.25, -0.2) is 0 Å². The van der Waals surface area contributed by atoms with Crippen molar-refractivity contribution >= 4 is 8.07 Å². The Morgan fingerprint density at radius 1 is 1.33 bits per heavy atom. The third kappa shape index (κ3) is 3.76. The minimum Gasteiger partial charge on any atom is -0.495 e. The van der Waals surface area contributed by atoms with Crippen LogP contribution in [0.15, 0.2) is 12.3 Å². The van der Waals surface area contributed by atoms with Gasteiger partial charge in [0.05, 0.1) is 12.8 Å². The summed E-state index contributed by atoms with van der Waals surface area (Å²) in [5.74, 6) is 3.96. The number of methoxy groups -OCH3 is 1. The first-order valence-corrected chi connectivity index (χ1v) is 8.46. The zero-order valence-electron chi connectivity index (χ0n) is 10.0. The molecule has 0 aromatic carbocycles. The van der Waals surface area contributed by atoms with Gasteiger partial charge in [-0.2, -0.15) is 0 Å². The number of pyridine rings is 1. The summed E-state index contributed by atoms with van der Waals surface area (Å²) in [6.07, 6.45) is 1.80. The van der Waals surface area contributed by atoms with Gasteiger partial charge in [-0.1, -0.05) is 25.6 Å². The maximum atomic E-state index is 5.20. The maximum absolute atomic E-state index is 5.20. The van der Waals surface area contributed by atoms with Gasteiger partial charge >= 0.3 is 0 Å². The molecule has 15 heavy (non-hydrogen) atoms. The fraction of sp³-hybridized carbons (Fsp3) is 0.417. The molecule has 80 valence electrons. The van der Waals surface area contributed by atoms with Crippen LogP contribution in [0, 0.1) is 18.4 Å². The molecule has 1 heterocycles. The Hall–Kier alpha value is -1.27. The summed E-state index contributed by atoms with van der Waals surface area (Å²) in [7, 11) is 0.342. The number of aromatic nitrogens is 1. The van der Waals surface area contributed by atoms with Gasteiger partial charge in [-0.3, -0.25) is 4.98 Å². The number of hydrogen-bond donors (Lipinski definition) is 0. The maximum Gasteiger partial charge on any atom is 0.141 e. The van der Waals surface area contributed by atoms with Gasteiger partial charge in [-0.05, 0) is 13.0 Å². The van der Waals surface area contributed by atoms with Crippen LogP contribution in [0.25, 0.3) is 0 Å². The Bertz CT molecular complexity index is 410. The summed E-state index contributed by atoms with van der Waals surface area (Å²) in [5, 5.41) is 0.